The molecule has 0 aliphatic carbocycles. The summed E-state index contributed by atoms with van der Waals surface area (Å²) in [5, 5.41) is 3.97. The molecule has 1 aromatic carbocycles. The Hall–Kier alpha value is -3.09. The Balaban J connectivity index is 1.50. The highest BCUT2D eigenvalue weighted by Gasteiger charge is 2.28. The molecule has 1 amide bonds. The van der Waals surface area contributed by atoms with E-state index in [1.165, 1.54) is 12.1 Å². The molecule has 0 bridgehead atoms. The second-order valence-corrected chi connectivity index (χ2v) is 8.06. The predicted molar refractivity (Wildman–Crippen MR) is 111 cm³/mol. The Morgan fingerprint density at radius 3 is 2.60 bits per heavy atom. The smallest absolute Gasteiger partial charge is 0.256 e. The van der Waals surface area contributed by atoms with Crippen molar-refractivity contribution in [2.45, 2.75) is 45.4 Å². The summed E-state index contributed by atoms with van der Waals surface area (Å²) >= 11 is 0. The van der Waals surface area contributed by atoms with E-state index in [1.54, 1.807) is 17.0 Å². The van der Waals surface area contributed by atoms with Gasteiger partial charge in [0.25, 0.3) is 5.91 Å². The van der Waals surface area contributed by atoms with Crippen molar-refractivity contribution in [3.63, 3.8) is 0 Å². The van der Waals surface area contributed by atoms with Crippen molar-refractivity contribution in [2.24, 2.45) is 0 Å². The number of amides is 1. The molecule has 0 N–H and O–H groups in total. The fraction of sp³-hybridized carbons (Fsp3) is 0.391. The maximum atomic E-state index is 14.0. The topological polar surface area (TPSA) is 72.1 Å². The number of rotatable bonds is 4. The number of nitrogens with zero attached hydrogens (tertiary/aromatic N) is 4. The van der Waals surface area contributed by atoms with Crippen molar-refractivity contribution in [3.8, 4) is 11.3 Å². The zero-order valence-corrected chi connectivity index (χ0v) is 17.4. The van der Waals surface area contributed by atoms with Crippen LogP contribution < -0.4 is 0 Å². The lowest BCUT2D eigenvalue weighted by Crippen LogP contribution is -2.38. The van der Waals surface area contributed by atoms with E-state index in [1.807, 2.05) is 19.2 Å². The second kappa shape index (κ2) is 8.34. The van der Waals surface area contributed by atoms with Gasteiger partial charge in [-0.2, -0.15) is 0 Å². The molecule has 1 aliphatic rings. The molecule has 30 heavy (non-hydrogen) atoms. The van der Waals surface area contributed by atoms with Gasteiger partial charge in [0.05, 0.1) is 22.5 Å². The maximum Gasteiger partial charge on any atom is 0.256 e. The molecule has 1 aliphatic heterocycles. The molecule has 0 radical (unpaired) electrons. The minimum Gasteiger partial charge on any atom is -0.356 e. The van der Waals surface area contributed by atoms with Crippen LogP contribution in [0.15, 0.2) is 41.1 Å². The van der Waals surface area contributed by atoms with Gasteiger partial charge in [0.15, 0.2) is 5.76 Å². The van der Waals surface area contributed by atoms with Gasteiger partial charge in [0.2, 0.25) is 0 Å². The van der Waals surface area contributed by atoms with E-state index >= 15 is 0 Å². The van der Waals surface area contributed by atoms with Gasteiger partial charge in [-0.1, -0.05) is 31.1 Å². The number of hydrogen-bond acceptors (Lipinski definition) is 5. The molecule has 6 nitrogen and oxygen atoms in total. The number of piperidine rings is 1. The number of hydrogen-bond donors (Lipinski definition) is 0. The first-order chi connectivity index (χ1) is 14.4. The fourth-order valence-corrected chi connectivity index (χ4v) is 3.87. The van der Waals surface area contributed by atoms with Crippen molar-refractivity contribution < 1.29 is 13.7 Å². The zero-order chi connectivity index (χ0) is 21.3. The number of aryl methyl sites for hydroxylation is 1. The van der Waals surface area contributed by atoms with Crippen LogP contribution >= 0.6 is 0 Å². The SMILES string of the molecule is Cc1cc(-c2cnc(C3CCN(C(=O)c4ccccc4F)CC3)nc2C(C)C)on1. The van der Waals surface area contributed by atoms with E-state index in [0.717, 1.165) is 35.6 Å². The highest BCUT2D eigenvalue weighted by Crippen LogP contribution is 2.32. The van der Waals surface area contributed by atoms with Crippen molar-refractivity contribution in [3.05, 3.63) is 65.1 Å². The lowest BCUT2D eigenvalue weighted by atomic mass is 9.94. The van der Waals surface area contributed by atoms with Crippen LogP contribution in [0.25, 0.3) is 11.3 Å². The van der Waals surface area contributed by atoms with Gasteiger partial charge in [-0.25, -0.2) is 14.4 Å². The summed E-state index contributed by atoms with van der Waals surface area (Å²) in [6, 6.07) is 8.01. The molecule has 3 aromatic rings. The molecule has 1 fully saturated rings. The lowest BCUT2D eigenvalue weighted by Gasteiger charge is -2.31. The highest BCUT2D eigenvalue weighted by molar-refractivity contribution is 5.94. The van der Waals surface area contributed by atoms with Gasteiger partial charge in [-0.15, -0.1) is 0 Å². The van der Waals surface area contributed by atoms with E-state index in [4.69, 9.17) is 9.51 Å². The molecular weight excluding hydrogens is 383 g/mol. The molecule has 0 spiro atoms. The number of likely N-dealkylation sites (tertiary alicyclic amines) is 1. The van der Waals surface area contributed by atoms with Gasteiger partial charge in [0.1, 0.15) is 11.6 Å². The Bertz CT molecular complexity index is 1050. The second-order valence-electron chi connectivity index (χ2n) is 8.06. The number of benzene rings is 1. The number of halogens is 1. The quantitative estimate of drug-likeness (QED) is 0.624. The molecule has 156 valence electrons. The number of aromatic nitrogens is 3. The molecule has 2 aromatic heterocycles. The molecule has 0 unspecified atom stereocenters. The Morgan fingerprint density at radius 1 is 1.23 bits per heavy atom. The van der Waals surface area contributed by atoms with Gasteiger partial charge < -0.3 is 9.42 Å². The summed E-state index contributed by atoms with van der Waals surface area (Å²) in [5.74, 6) is 1.09. The monoisotopic (exact) mass is 408 g/mol. The van der Waals surface area contributed by atoms with E-state index in [9.17, 15) is 9.18 Å². The van der Waals surface area contributed by atoms with Gasteiger partial charge in [-0.05, 0) is 37.8 Å². The standard InChI is InChI=1S/C23H25FN4O2/c1-14(2)21-18(20-12-15(3)27-30-20)13-25-22(26-21)16-8-10-28(11-9-16)23(29)17-6-4-5-7-19(17)24/h4-7,12-14,16H,8-11H2,1-3H3. The number of carbonyl (C=O) groups is 1. The van der Waals surface area contributed by atoms with Gasteiger partial charge in [-0.3, -0.25) is 4.79 Å². The molecule has 0 saturated carbocycles. The predicted octanol–water partition coefficient (Wildman–Crippen LogP) is 4.72. The largest absolute Gasteiger partial charge is 0.356 e. The third kappa shape index (κ3) is 3.97. The normalized spacial score (nSPS) is 15.0. The number of carbonyl (C=O) groups excluding carboxylic acids is 1. The van der Waals surface area contributed by atoms with Crippen LogP contribution in [-0.4, -0.2) is 39.0 Å². The molecule has 1 saturated heterocycles. The molecule has 7 heteroatoms. The van der Waals surface area contributed by atoms with Crippen LogP contribution in [-0.2, 0) is 0 Å². The molecule has 0 atom stereocenters. The van der Waals surface area contributed by atoms with Gasteiger partial charge in [0, 0.05) is 31.3 Å². The average molecular weight is 408 g/mol. The Morgan fingerprint density at radius 2 is 1.97 bits per heavy atom. The zero-order valence-electron chi connectivity index (χ0n) is 17.4. The third-order valence-corrected chi connectivity index (χ3v) is 5.53. The molecular formula is C23H25FN4O2. The lowest BCUT2D eigenvalue weighted by molar-refractivity contribution is 0.0706. The summed E-state index contributed by atoms with van der Waals surface area (Å²) in [6.45, 7) is 7.18. The van der Waals surface area contributed by atoms with Crippen LogP contribution in [0.5, 0.6) is 0 Å². The average Bonchev–Trinajstić information content (AvgIpc) is 3.19. The third-order valence-electron chi connectivity index (χ3n) is 5.53. The van der Waals surface area contributed by atoms with Crippen molar-refractivity contribution in [1.82, 2.24) is 20.0 Å². The van der Waals surface area contributed by atoms with Crippen LogP contribution in [0.2, 0.25) is 0 Å². The van der Waals surface area contributed by atoms with Crippen LogP contribution in [0.1, 0.15) is 66.1 Å². The van der Waals surface area contributed by atoms with Crippen LogP contribution in [0.3, 0.4) is 0 Å². The Kier molecular flexibility index (Phi) is 5.61. The van der Waals surface area contributed by atoms with Crippen molar-refractivity contribution in [2.75, 3.05) is 13.1 Å². The first kappa shape index (κ1) is 20.2. The van der Waals surface area contributed by atoms with E-state index in [-0.39, 0.29) is 23.3 Å². The van der Waals surface area contributed by atoms with Crippen molar-refractivity contribution in [1.29, 1.82) is 0 Å². The summed E-state index contributed by atoms with van der Waals surface area (Å²) in [4.78, 5) is 23.8. The van der Waals surface area contributed by atoms with Crippen LogP contribution in [0.4, 0.5) is 4.39 Å². The minimum absolute atomic E-state index is 0.126. The molecule has 4 rings (SSSR count). The summed E-state index contributed by atoms with van der Waals surface area (Å²) in [6.07, 6.45) is 3.31. The maximum absolute atomic E-state index is 14.0. The van der Waals surface area contributed by atoms with Crippen LogP contribution in [0, 0.1) is 12.7 Å². The first-order valence-electron chi connectivity index (χ1n) is 10.3. The van der Waals surface area contributed by atoms with Crippen molar-refractivity contribution >= 4 is 5.91 Å². The van der Waals surface area contributed by atoms with Gasteiger partial charge >= 0.3 is 0 Å². The van der Waals surface area contributed by atoms with E-state index in [2.05, 4.69) is 24.0 Å². The summed E-state index contributed by atoms with van der Waals surface area (Å²) in [7, 11) is 0. The fourth-order valence-electron chi connectivity index (χ4n) is 3.87. The molecule has 3 heterocycles. The van der Waals surface area contributed by atoms with E-state index < -0.39 is 5.82 Å². The highest BCUT2D eigenvalue weighted by atomic mass is 19.1. The first-order valence-corrected chi connectivity index (χ1v) is 10.3. The van der Waals surface area contributed by atoms with E-state index in [0.29, 0.717) is 18.8 Å². The minimum atomic E-state index is -0.479. The Labute approximate surface area is 175 Å². The summed E-state index contributed by atoms with van der Waals surface area (Å²) in [5.41, 5.74) is 2.74. The summed E-state index contributed by atoms with van der Waals surface area (Å²) < 4.78 is 19.4.